The Balaban J connectivity index is 1.19. The van der Waals surface area contributed by atoms with Gasteiger partial charge in [0.1, 0.15) is 17.2 Å². The summed E-state index contributed by atoms with van der Waals surface area (Å²) in [7, 11) is 0. The van der Waals surface area contributed by atoms with Gasteiger partial charge in [-0.2, -0.15) is 13.2 Å². The largest absolute Gasteiger partial charge is 0.481 e. The van der Waals surface area contributed by atoms with Crippen LogP contribution >= 0.6 is 0 Å². The van der Waals surface area contributed by atoms with Crippen LogP contribution in [0.1, 0.15) is 44.1 Å². The highest BCUT2D eigenvalue weighted by atomic mass is 19.4. The Morgan fingerprint density at radius 2 is 1.66 bits per heavy atom. The van der Waals surface area contributed by atoms with Crippen LogP contribution in [0.3, 0.4) is 0 Å². The first kappa shape index (κ1) is 24.4. The number of carboxylic acids is 1. The molecule has 3 aliphatic rings. The van der Waals surface area contributed by atoms with Crippen LogP contribution in [0.5, 0.6) is 5.88 Å². The third kappa shape index (κ3) is 4.17. The van der Waals surface area contributed by atoms with E-state index in [9.17, 15) is 23.1 Å². The number of hydrogen-bond acceptors (Lipinski definition) is 4. The van der Waals surface area contributed by atoms with Crippen LogP contribution in [-0.4, -0.2) is 31.6 Å². The van der Waals surface area contributed by atoms with E-state index in [0.717, 1.165) is 12.1 Å². The first-order chi connectivity index (χ1) is 18.1. The summed E-state index contributed by atoms with van der Waals surface area (Å²) in [5.41, 5.74) is 0.0215. The molecule has 2 bridgehead atoms. The number of carboxylic acid groups (broad SMARTS) is 1. The lowest BCUT2D eigenvalue weighted by molar-refractivity contribution is -0.162. The predicted molar refractivity (Wildman–Crippen MR) is 131 cm³/mol. The minimum Gasteiger partial charge on any atom is -0.481 e. The number of aliphatic carboxylic acids is 1. The van der Waals surface area contributed by atoms with Gasteiger partial charge in [-0.1, -0.05) is 6.07 Å². The second-order valence-electron chi connectivity index (χ2n) is 10.3. The average molecular weight is 526 g/mol. The third-order valence-electron chi connectivity index (χ3n) is 8.06. The average Bonchev–Trinajstić information content (AvgIpc) is 3.32. The number of benzene rings is 2. The third-order valence-corrected chi connectivity index (χ3v) is 8.06. The van der Waals surface area contributed by atoms with Crippen LogP contribution in [0.4, 0.5) is 17.6 Å². The summed E-state index contributed by atoms with van der Waals surface area (Å²) in [6.45, 7) is 0. The SMILES string of the molecule is O=C(O)C12CCC(Oc3ccc(-c4ccc(-c5nc6ccc(C(F)(F)F)cc6[nH]5)c(F)c4)cn3)(CC1)CC2. The number of hydrogen-bond donors (Lipinski definition) is 2. The van der Waals surface area contributed by atoms with Crippen LogP contribution < -0.4 is 4.74 Å². The van der Waals surface area contributed by atoms with Crippen molar-refractivity contribution in [3.63, 3.8) is 0 Å². The highest BCUT2D eigenvalue weighted by Gasteiger charge is 2.54. The van der Waals surface area contributed by atoms with E-state index in [-0.39, 0.29) is 16.9 Å². The molecule has 2 heterocycles. The molecule has 2 N–H and O–H groups in total. The minimum atomic E-state index is -4.49. The number of halogens is 4. The lowest BCUT2D eigenvalue weighted by atomic mass is 9.58. The number of carbonyl (C=O) groups is 1. The fraction of sp³-hybridized carbons (Fsp3) is 0.321. The maximum Gasteiger partial charge on any atom is 0.416 e. The molecule has 2 aromatic carbocycles. The smallest absolute Gasteiger partial charge is 0.416 e. The summed E-state index contributed by atoms with van der Waals surface area (Å²) in [6, 6.07) is 11.2. The summed E-state index contributed by atoms with van der Waals surface area (Å²) in [5, 5.41) is 9.57. The van der Waals surface area contributed by atoms with Crippen LogP contribution in [0.15, 0.2) is 54.7 Å². The molecule has 6 nitrogen and oxygen atoms in total. The van der Waals surface area contributed by atoms with Crippen molar-refractivity contribution >= 4 is 17.0 Å². The van der Waals surface area contributed by atoms with E-state index in [1.54, 1.807) is 24.4 Å². The standard InChI is InChI=1S/C28H23F4N3O3/c29-20-13-16(1-4-19(20)24-34-21-5-3-18(28(30,31)32)14-22(21)35-24)17-2-6-23(33-15-17)38-27-10-7-26(8-11-27,9-12-27)25(36)37/h1-6,13-15H,7-12H2,(H,34,35)(H,36,37). The fourth-order valence-electron chi connectivity index (χ4n) is 5.66. The number of rotatable bonds is 5. The van der Waals surface area contributed by atoms with E-state index in [1.165, 1.54) is 18.2 Å². The number of aromatic amines is 1. The van der Waals surface area contributed by atoms with E-state index >= 15 is 4.39 Å². The maximum atomic E-state index is 15.1. The molecule has 0 aliphatic heterocycles. The Kier molecular flexibility index (Phi) is 5.48. The van der Waals surface area contributed by atoms with Crippen LogP contribution in [0.2, 0.25) is 0 Å². The van der Waals surface area contributed by atoms with Crippen molar-refractivity contribution in [1.29, 1.82) is 0 Å². The number of nitrogens with one attached hydrogen (secondary N) is 1. The van der Waals surface area contributed by atoms with E-state index in [4.69, 9.17) is 4.74 Å². The number of H-pyrrole nitrogens is 1. The van der Waals surface area contributed by atoms with Gasteiger partial charge in [-0.15, -0.1) is 0 Å². The maximum absolute atomic E-state index is 15.1. The summed E-state index contributed by atoms with van der Waals surface area (Å²) in [6.07, 6.45) is 0.924. The van der Waals surface area contributed by atoms with Crippen molar-refractivity contribution < 1.29 is 32.2 Å². The molecule has 0 atom stereocenters. The molecule has 0 spiro atoms. The molecule has 0 amide bonds. The zero-order chi connectivity index (χ0) is 26.7. The van der Waals surface area contributed by atoms with Crippen LogP contribution in [0.25, 0.3) is 33.5 Å². The molecule has 2 aromatic heterocycles. The molecule has 7 rings (SSSR count). The molecule has 38 heavy (non-hydrogen) atoms. The molecule has 3 fully saturated rings. The van der Waals surface area contributed by atoms with Gasteiger partial charge in [0.05, 0.1) is 27.6 Å². The first-order valence-electron chi connectivity index (χ1n) is 12.3. The summed E-state index contributed by atoms with van der Waals surface area (Å²) < 4.78 is 60.3. The van der Waals surface area contributed by atoms with Gasteiger partial charge in [0, 0.05) is 17.8 Å². The van der Waals surface area contributed by atoms with Gasteiger partial charge >= 0.3 is 12.1 Å². The molecule has 3 saturated carbocycles. The first-order valence-corrected chi connectivity index (χ1v) is 12.3. The quantitative estimate of drug-likeness (QED) is 0.274. The fourth-order valence-corrected chi connectivity index (χ4v) is 5.66. The second-order valence-corrected chi connectivity index (χ2v) is 10.3. The van der Waals surface area contributed by atoms with Gasteiger partial charge in [-0.25, -0.2) is 14.4 Å². The number of fused-ring (bicyclic) bond motifs is 4. The van der Waals surface area contributed by atoms with Crippen molar-refractivity contribution in [3.05, 3.63) is 66.1 Å². The summed E-state index contributed by atoms with van der Waals surface area (Å²) >= 11 is 0. The van der Waals surface area contributed by atoms with Gasteiger partial charge in [-0.3, -0.25) is 4.79 Å². The molecule has 0 saturated heterocycles. The Labute approximate surface area is 214 Å². The monoisotopic (exact) mass is 525 g/mol. The number of pyridine rings is 1. The zero-order valence-corrected chi connectivity index (χ0v) is 20.1. The predicted octanol–water partition coefficient (Wildman–Crippen LogP) is 7.01. The van der Waals surface area contributed by atoms with Crippen molar-refractivity contribution in [2.45, 2.75) is 50.3 Å². The minimum absolute atomic E-state index is 0.136. The van der Waals surface area contributed by atoms with Crippen molar-refractivity contribution in [3.8, 4) is 28.4 Å². The molecule has 4 aromatic rings. The zero-order valence-electron chi connectivity index (χ0n) is 20.1. The normalized spacial score (nSPS) is 23.1. The van der Waals surface area contributed by atoms with Gasteiger partial charge in [0.15, 0.2) is 0 Å². The van der Waals surface area contributed by atoms with Gasteiger partial charge in [-0.05, 0) is 80.5 Å². The van der Waals surface area contributed by atoms with Crippen molar-refractivity contribution in [1.82, 2.24) is 15.0 Å². The molecule has 0 unspecified atom stereocenters. The molecule has 196 valence electrons. The Bertz CT molecular complexity index is 1520. The summed E-state index contributed by atoms with van der Waals surface area (Å²) in [4.78, 5) is 23.1. The lowest BCUT2D eigenvalue weighted by Crippen LogP contribution is -2.52. The molecular formula is C28H23F4N3O3. The second kappa shape index (κ2) is 8.54. The molecule has 10 heteroatoms. The Morgan fingerprint density at radius 3 is 2.26 bits per heavy atom. The number of alkyl halides is 3. The number of imidazole rings is 1. The van der Waals surface area contributed by atoms with Gasteiger partial charge in [0.25, 0.3) is 0 Å². The number of nitrogens with zero attached hydrogens (tertiary/aromatic N) is 2. The van der Waals surface area contributed by atoms with Gasteiger partial charge < -0.3 is 14.8 Å². The van der Waals surface area contributed by atoms with E-state index < -0.39 is 34.5 Å². The highest BCUT2D eigenvalue weighted by Crippen LogP contribution is 2.53. The van der Waals surface area contributed by atoms with Crippen molar-refractivity contribution in [2.75, 3.05) is 0 Å². The number of aromatic nitrogens is 3. The number of ether oxygens (including phenoxy) is 1. The molecular weight excluding hydrogens is 502 g/mol. The van der Waals surface area contributed by atoms with E-state index in [0.29, 0.717) is 61.0 Å². The van der Waals surface area contributed by atoms with Crippen molar-refractivity contribution in [2.24, 2.45) is 5.41 Å². The van der Waals surface area contributed by atoms with Crippen LogP contribution in [0, 0.1) is 11.2 Å². The van der Waals surface area contributed by atoms with E-state index in [1.807, 2.05) is 0 Å². The van der Waals surface area contributed by atoms with E-state index in [2.05, 4.69) is 15.0 Å². The topological polar surface area (TPSA) is 88.1 Å². The van der Waals surface area contributed by atoms with Crippen LogP contribution in [-0.2, 0) is 11.0 Å². The van der Waals surface area contributed by atoms with Gasteiger partial charge in [0.2, 0.25) is 5.88 Å². The molecule has 3 aliphatic carbocycles. The highest BCUT2D eigenvalue weighted by molar-refractivity contribution is 5.81. The Hall–Kier alpha value is -3.95. The Morgan fingerprint density at radius 1 is 0.947 bits per heavy atom. The lowest BCUT2D eigenvalue weighted by Gasteiger charge is -2.50. The molecule has 0 radical (unpaired) electrons. The summed E-state index contributed by atoms with van der Waals surface area (Å²) in [5.74, 6) is -0.724.